The van der Waals surface area contributed by atoms with Gasteiger partial charge in [-0.25, -0.2) is 4.79 Å². The number of piperazine rings is 1. The van der Waals surface area contributed by atoms with Crippen molar-refractivity contribution >= 4 is 39.0 Å². The molecule has 0 spiro atoms. The van der Waals surface area contributed by atoms with Gasteiger partial charge < -0.3 is 14.2 Å². The van der Waals surface area contributed by atoms with Crippen molar-refractivity contribution in [2.45, 2.75) is 6.54 Å². The highest BCUT2D eigenvalue weighted by molar-refractivity contribution is 6.30. The molecule has 1 aliphatic rings. The lowest BCUT2D eigenvalue weighted by molar-refractivity contribution is -0.914. The summed E-state index contributed by atoms with van der Waals surface area (Å²) >= 11 is 6.15. The van der Waals surface area contributed by atoms with Crippen molar-refractivity contribution in [3.63, 3.8) is 0 Å². The van der Waals surface area contributed by atoms with Gasteiger partial charge in [0.15, 0.2) is 0 Å². The van der Waals surface area contributed by atoms with Gasteiger partial charge in [0.1, 0.15) is 12.1 Å². The standard InChI is InChI=1S/C24H21ClN2O2/c25-19-5-3-6-20(15-19)27-12-10-26(11-13-27)16-18-14-23(28)29-22-9-8-17-4-1-2-7-21(17)24(18)22/h1-9,14-15H,10-13,16H2/p+1. The van der Waals surface area contributed by atoms with Crippen molar-refractivity contribution in [2.24, 2.45) is 0 Å². The number of nitrogens with zero attached hydrogens (tertiary/aromatic N) is 1. The van der Waals surface area contributed by atoms with E-state index in [-0.39, 0.29) is 5.63 Å². The van der Waals surface area contributed by atoms with Gasteiger partial charge in [0.05, 0.1) is 26.2 Å². The smallest absolute Gasteiger partial charge is 0.336 e. The Labute approximate surface area is 173 Å². The zero-order valence-corrected chi connectivity index (χ0v) is 16.8. The molecule has 5 rings (SSSR count). The number of nitrogens with one attached hydrogen (secondary N) is 1. The van der Waals surface area contributed by atoms with E-state index in [0.717, 1.165) is 59.5 Å². The van der Waals surface area contributed by atoms with Crippen LogP contribution in [0.25, 0.3) is 21.7 Å². The van der Waals surface area contributed by atoms with Crippen LogP contribution in [0.3, 0.4) is 0 Å². The van der Waals surface area contributed by atoms with E-state index in [0.29, 0.717) is 5.58 Å². The summed E-state index contributed by atoms with van der Waals surface area (Å²) in [6.45, 7) is 4.78. The van der Waals surface area contributed by atoms with Crippen molar-refractivity contribution in [3.05, 3.63) is 87.7 Å². The molecule has 1 aliphatic heterocycles. The lowest BCUT2D eigenvalue weighted by Crippen LogP contribution is -3.13. The van der Waals surface area contributed by atoms with Gasteiger partial charge in [-0.05, 0) is 35.0 Å². The molecule has 0 aliphatic carbocycles. The van der Waals surface area contributed by atoms with Crippen LogP contribution in [0, 0.1) is 0 Å². The summed E-state index contributed by atoms with van der Waals surface area (Å²) in [5, 5.41) is 4.13. The van der Waals surface area contributed by atoms with Gasteiger partial charge in [-0.2, -0.15) is 0 Å². The number of quaternary nitrogens is 1. The minimum absolute atomic E-state index is 0.278. The van der Waals surface area contributed by atoms with Gasteiger partial charge in [-0.3, -0.25) is 0 Å². The van der Waals surface area contributed by atoms with E-state index in [9.17, 15) is 4.79 Å². The Kier molecular flexibility index (Phi) is 4.74. The third kappa shape index (κ3) is 3.61. The molecule has 0 saturated carbocycles. The van der Waals surface area contributed by atoms with E-state index < -0.39 is 0 Å². The first kappa shape index (κ1) is 18.2. The van der Waals surface area contributed by atoms with Crippen molar-refractivity contribution in [1.82, 2.24) is 0 Å². The molecule has 4 nitrogen and oxygen atoms in total. The third-order valence-corrected chi connectivity index (χ3v) is 6.03. The first-order valence-electron chi connectivity index (χ1n) is 9.96. The number of fused-ring (bicyclic) bond motifs is 3. The second-order valence-electron chi connectivity index (χ2n) is 7.64. The normalized spacial score (nSPS) is 15.3. The largest absolute Gasteiger partial charge is 0.423 e. The molecule has 1 fully saturated rings. The molecule has 0 unspecified atom stereocenters. The molecular formula is C24H22ClN2O2+. The van der Waals surface area contributed by atoms with Crippen LogP contribution in [0.2, 0.25) is 5.02 Å². The van der Waals surface area contributed by atoms with Gasteiger partial charge in [0.2, 0.25) is 0 Å². The maximum atomic E-state index is 12.2. The zero-order valence-electron chi connectivity index (χ0n) is 16.0. The second-order valence-corrected chi connectivity index (χ2v) is 8.08. The number of halogens is 1. The van der Waals surface area contributed by atoms with Crippen LogP contribution in [-0.4, -0.2) is 26.2 Å². The van der Waals surface area contributed by atoms with Crippen molar-refractivity contribution in [2.75, 3.05) is 31.1 Å². The van der Waals surface area contributed by atoms with Crippen LogP contribution < -0.4 is 15.4 Å². The molecule has 0 amide bonds. The topological polar surface area (TPSA) is 37.9 Å². The second kappa shape index (κ2) is 7.54. The number of benzene rings is 3. The highest BCUT2D eigenvalue weighted by atomic mass is 35.5. The highest BCUT2D eigenvalue weighted by Gasteiger charge is 2.22. The Morgan fingerprint density at radius 3 is 2.62 bits per heavy atom. The van der Waals surface area contributed by atoms with E-state index >= 15 is 0 Å². The van der Waals surface area contributed by atoms with Crippen LogP contribution in [0.15, 0.2) is 75.9 Å². The van der Waals surface area contributed by atoms with Crippen molar-refractivity contribution in [1.29, 1.82) is 0 Å². The molecule has 3 aromatic carbocycles. The molecule has 29 heavy (non-hydrogen) atoms. The van der Waals surface area contributed by atoms with E-state index in [4.69, 9.17) is 16.0 Å². The maximum absolute atomic E-state index is 12.2. The lowest BCUT2D eigenvalue weighted by atomic mass is 10.0. The number of rotatable bonds is 3. The summed E-state index contributed by atoms with van der Waals surface area (Å²) in [5.74, 6) is 0. The first-order chi connectivity index (χ1) is 14.2. The molecule has 1 N–H and O–H groups in total. The fourth-order valence-electron chi connectivity index (χ4n) is 4.36. The van der Waals surface area contributed by atoms with E-state index in [1.807, 2.05) is 42.5 Å². The van der Waals surface area contributed by atoms with E-state index in [1.165, 1.54) is 10.6 Å². The Morgan fingerprint density at radius 1 is 0.966 bits per heavy atom. The lowest BCUT2D eigenvalue weighted by Gasteiger charge is -2.33. The summed E-state index contributed by atoms with van der Waals surface area (Å²) in [5.41, 5.74) is 2.63. The molecule has 146 valence electrons. The van der Waals surface area contributed by atoms with Gasteiger partial charge in [-0.1, -0.05) is 48.0 Å². The summed E-state index contributed by atoms with van der Waals surface area (Å²) in [4.78, 5) is 16.0. The SMILES string of the molecule is O=c1cc(C[NH+]2CCN(c3cccc(Cl)c3)CC2)c2c(ccc3ccccc32)o1. The molecule has 1 aromatic heterocycles. The molecule has 0 bridgehead atoms. The minimum Gasteiger partial charge on any atom is -0.423 e. The van der Waals surface area contributed by atoms with Gasteiger partial charge in [-0.15, -0.1) is 0 Å². The Morgan fingerprint density at radius 2 is 1.79 bits per heavy atom. The molecule has 0 radical (unpaired) electrons. The van der Waals surface area contributed by atoms with Crippen LogP contribution in [0.1, 0.15) is 5.56 Å². The summed E-state index contributed by atoms with van der Waals surface area (Å²) < 4.78 is 5.50. The number of hydrogen-bond donors (Lipinski definition) is 1. The number of anilines is 1. The van der Waals surface area contributed by atoms with Crippen LogP contribution in [0.5, 0.6) is 0 Å². The van der Waals surface area contributed by atoms with Gasteiger partial charge >= 0.3 is 5.63 Å². The predicted octanol–water partition coefficient (Wildman–Crippen LogP) is 3.50. The van der Waals surface area contributed by atoms with E-state index in [2.05, 4.69) is 23.1 Å². The summed E-state index contributed by atoms with van der Waals surface area (Å²) in [7, 11) is 0. The van der Waals surface area contributed by atoms with Crippen molar-refractivity contribution < 1.29 is 9.32 Å². The summed E-state index contributed by atoms with van der Waals surface area (Å²) in [6.07, 6.45) is 0. The average molecular weight is 406 g/mol. The Balaban J connectivity index is 1.42. The van der Waals surface area contributed by atoms with Gasteiger partial charge in [0.25, 0.3) is 0 Å². The predicted molar refractivity (Wildman–Crippen MR) is 118 cm³/mol. The van der Waals surface area contributed by atoms with Crippen LogP contribution in [-0.2, 0) is 6.54 Å². The average Bonchev–Trinajstić information content (AvgIpc) is 2.74. The maximum Gasteiger partial charge on any atom is 0.336 e. The third-order valence-electron chi connectivity index (χ3n) is 5.80. The molecular weight excluding hydrogens is 384 g/mol. The first-order valence-corrected chi connectivity index (χ1v) is 10.3. The van der Waals surface area contributed by atoms with Gasteiger partial charge in [0, 0.05) is 27.7 Å². The fourth-order valence-corrected chi connectivity index (χ4v) is 4.54. The molecule has 1 saturated heterocycles. The zero-order chi connectivity index (χ0) is 19.8. The van der Waals surface area contributed by atoms with Crippen LogP contribution >= 0.6 is 11.6 Å². The Hall–Kier alpha value is -2.82. The molecule has 4 aromatic rings. The van der Waals surface area contributed by atoms with Crippen molar-refractivity contribution in [3.8, 4) is 0 Å². The molecule has 2 heterocycles. The molecule has 0 atom stereocenters. The minimum atomic E-state index is -0.278. The fraction of sp³-hybridized carbons (Fsp3) is 0.208. The summed E-state index contributed by atoms with van der Waals surface area (Å²) in [6, 6.07) is 21.9. The van der Waals surface area contributed by atoms with Crippen LogP contribution in [0.4, 0.5) is 5.69 Å². The van der Waals surface area contributed by atoms with E-state index in [1.54, 1.807) is 6.07 Å². The Bertz CT molecular complexity index is 1240. The number of hydrogen-bond acceptors (Lipinski definition) is 3. The monoisotopic (exact) mass is 405 g/mol. The quantitative estimate of drug-likeness (QED) is 0.418. The highest BCUT2D eigenvalue weighted by Crippen LogP contribution is 2.27. The molecule has 5 heteroatoms.